The van der Waals surface area contributed by atoms with Crippen LogP contribution in [0.5, 0.6) is 11.5 Å². The Bertz CT molecular complexity index is 382. The zero-order valence-electron chi connectivity index (χ0n) is 9.91. The minimum Gasteiger partial charge on any atom is -0.497 e. The van der Waals surface area contributed by atoms with E-state index in [1.165, 1.54) is 0 Å². The third-order valence-electron chi connectivity index (χ3n) is 2.42. The van der Waals surface area contributed by atoms with E-state index in [4.69, 9.17) is 15.9 Å². The molecule has 16 heavy (non-hydrogen) atoms. The molecular weight excluding hydrogens is 202 g/mol. The third-order valence-corrected chi connectivity index (χ3v) is 2.42. The Labute approximate surface area is 96.8 Å². The largest absolute Gasteiger partial charge is 0.497 e. The van der Waals surface area contributed by atoms with Crippen LogP contribution in [0.1, 0.15) is 18.5 Å². The van der Waals surface area contributed by atoms with E-state index in [0.29, 0.717) is 6.54 Å². The molecule has 0 aliphatic carbocycles. The molecule has 3 heteroatoms. The van der Waals surface area contributed by atoms with Crippen molar-refractivity contribution in [2.24, 2.45) is 0 Å². The Balaban J connectivity index is 2.90. The van der Waals surface area contributed by atoms with Gasteiger partial charge in [-0.1, -0.05) is 12.0 Å². The van der Waals surface area contributed by atoms with Crippen molar-refractivity contribution < 1.29 is 9.47 Å². The van der Waals surface area contributed by atoms with E-state index >= 15 is 0 Å². The van der Waals surface area contributed by atoms with Crippen LogP contribution in [0.25, 0.3) is 0 Å². The molecule has 0 aromatic heterocycles. The van der Waals surface area contributed by atoms with Crippen LogP contribution in [0.3, 0.4) is 0 Å². The van der Waals surface area contributed by atoms with Crippen LogP contribution in [0.15, 0.2) is 18.2 Å². The number of methoxy groups -OCH3 is 2. The Hall–Kier alpha value is -1.66. The van der Waals surface area contributed by atoms with E-state index in [2.05, 4.69) is 11.2 Å². The molecule has 1 N–H and O–H groups in total. The predicted octanol–water partition coefficient (Wildman–Crippen LogP) is 1.99. The number of benzene rings is 1. The van der Waals surface area contributed by atoms with E-state index in [-0.39, 0.29) is 6.04 Å². The summed E-state index contributed by atoms with van der Waals surface area (Å²) in [6, 6.07) is 5.90. The number of terminal acetylenes is 1. The summed E-state index contributed by atoms with van der Waals surface area (Å²) < 4.78 is 10.5. The highest BCUT2D eigenvalue weighted by Gasteiger charge is 2.11. The van der Waals surface area contributed by atoms with E-state index < -0.39 is 0 Å². The van der Waals surface area contributed by atoms with Gasteiger partial charge in [0.15, 0.2) is 0 Å². The van der Waals surface area contributed by atoms with Crippen molar-refractivity contribution in [2.45, 2.75) is 13.0 Å². The summed E-state index contributed by atoms with van der Waals surface area (Å²) in [5.74, 6) is 4.14. The first-order valence-corrected chi connectivity index (χ1v) is 5.11. The summed E-state index contributed by atoms with van der Waals surface area (Å²) >= 11 is 0. The summed E-state index contributed by atoms with van der Waals surface area (Å²) in [5, 5.41) is 3.20. The smallest absolute Gasteiger partial charge is 0.127 e. The lowest BCUT2D eigenvalue weighted by Crippen LogP contribution is -2.19. The Morgan fingerprint density at radius 2 is 2.12 bits per heavy atom. The monoisotopic (exact) mass is 219 g/mol. The topological polar surface area (TPSA) is 30.5 Å². The molecule has 0 bridgehead atoms. The molecule has 0 spiro atoms. The van der Waals surface area contributed by atoms with Gasteiger partial charge in [-0.15, -0.1) is 6.42 Å². The molecule has 0 heterocycles. The zero-order valence-corrected chi connectivity index (χ0v) is 9.91. The van der Waals surface area contributed by atoms with Crippen LogP contribution in [-0.2, 0) is 0 Å². The van der Waals surface area contributed by atoms with E-state index in [0.717, 1.165) is 17.1 Å². The molecule has 0 aliphatic heterocycles. The number of nitrogens with one attached hydrogen (secondary N) is 1. The fourth-order valence-electron chi connectivity index (χ4n) is 1.50. The number of hydrogen-bond acceptors (Lipinski definition) is 3. The molecule has 0 saturated carbocycles. The van der Waals surface area contributed by atoms with Crippen LogP contribution in [0, 0.1) is 12.3 Å². The molecule has 1 rings (SSSR count). The zero-order chi connectivity index (χ0) is 12.0. The third kappa shape index (κ3) is 2.91. The molecule has 0 amide bonds. The molecule has 0 radical (unpaired) electrons. The summed E-state index contributed by atoms with van der Waals surface area (Å²) in [7, 11) is 3.28. The van der Waals surface area contributed by atoms with Gasteiger partial charge < -0.3 is 9.47 Å². The van der Waals surface area contributed by atoms with Gasteiger partial charge in [-0.05, 0) is 13.0 Å². The lowest BCUT2D eigenvalue weighted by atomic mass is 10.1. The average Bonchev–Trinajstić information content (AvgIpc) is 2.34. The van der Waals surface area contributed by atoms with Crippen LogP contribution in [0.2, 0.25) is 0 Å². The lowest BCUT2D eigenvalue weighted by Gasteiger charge is -2.16. The highest BCUT2D eigenvalue weighted by atomic mass is 16.5. The Morgan fingerprint density at radius 3 is 2.69 bits per heavy atom. The first-order chi connectivity index (χ1) is 7.72. The van der Waals surface area contributed by atoms with Gasteiger partial charge in [0.25, 0.3) is 0 Å². The molecule has 1 aromatic carbocycles. The van der Waals surface area contributed by atoms with Gasteiger partial charge in [-0.25, -0.2) is 0 Å². The van der Waals surface area contributed by atoms with Gasteiger partial charge >= 0.3 is 0 Å². The summed E-state index contributed by atoms with van der Waals surface area (Å²) in [5.41, 5.74) is 1.07. The maximum atomic E-state index is 5.32. The van der Waals surface area contributed by atoms with Crippen molar-refractivity contribution in [3.63, 3.8) is 0 Å². The highest BCUT2D eigenvalue weighted by Crippen LogP contribution is 2.29. The molecular formula is C13H17NO2. The van der Waals surface area contributed by atoms with E-state index in [1.807, 2.05) is 25.1 Å². The minimum absolute atomic E-state index is 0.150. The Morgan fingerprint density at radius 1 is 1.38 bits per heavy atom. The second-order valence-corrected chi connectivity index (χ2v) is 3.41. The molecule has 86 valence electrons. The fourth-order valence-corrected chi connectivity index (χ4v) is 1.50. The van der Waals surface area contributed by atoms with Crippen LogP contribution in [0.4, 0.5) is 0 Å². The van der Waals surface area contributed by atoms with Gasteiger partial charge in [0.05, 0.1) is 20.8 Å². The number of hydrogen-bond donors (Lipinski definition) is 1. The van der Waals surface area contributed by atoms with Crippen molar-refractivity contribution >= 4 is 0 Å². The molecule has 0 saturated heterocycles. The van der Waals surface area contributed by atoms with Gasteiger partial charge in [-0.3, -0.25) is 5.32 Å². The SMILES string of the molecule is C#CCNC(C)c1ccc(OC)cc1OC. The summed E-state index contributed by atoms with van der Waals surface area (Å²) in [4.78, 5) is 0. The fraction of sp³-hybridized carbons (Fsp3) is 0.385. The molecule has 1 atom stereocenters. The molecule has 0 fully saturated rings. The lowest BCUT2D eigenvalue weighted by molar-refractivity contribution is 0.387. The van der Waals surface area contributed by atoms with E-state index in [9.17, 15) is 0 Å². The first-order valence-electron chi connectivity index (χ1n) is 5.11. The van der Waals surface area contributed by atoms with Gasteiger partial charge in [0.1, 0.15) is 11.5 Å². The summed E-state index contributed by atoms with van der Waals surface area (Å²) in [6.45, 7) is 2.58. The minimum atomic E-state index is 0.150. The highest BCUT2D eigenvalue weighted by molar-refractivity contribution is 5.42. The quantitative estimate of drug-likeness (QED) is 0.768. The maximum Gasteiger partial charge on any atom is 0.127 e. The van der Waals surface area contributed by atoms with Crippen molar-refractivity contribution in [1.82, 2.24) is 5.32 Å². The maximum absolute atomic E-state index is 5.32. The van der Waals surface area contributed by atoms with Crippen LogP contribution >= 0.6 is 0 Å². The second-order valence-electron chi connectivity index (χ2n) is 3.41. The van der Waals surface area contributed by atoms with Crippen molar-refractivity contribution in [3.05, 3.63) is 23.8 Å². The van der Waals surface area contributed by atoms with E-state index in [1.54, 1.807) is 14.2 Å². The van der Waals surface area contributed by atoms with Crippen molar-refractivity contribution in [1.29, 1.82) is 0 Å². The predicted molar refractivity (Wildman–Crippen MR) is 64.8 cm³/mol. The van der Waals surface area contributed by atoms with Crippen LogP contribution < -0.4 is 14.8 Å². The van der Waals surface area contributed by atoms with Crippen molar-refractivity contribution in [2.75, 3.05) is 20.8 Å². The second kappa shape index (κ2) is 6.04. The molecule has 0 aliphatic rings. The number of ether oxygens (including phenoxy) is 2. The van der Waals surface area contributed by atoms with Crippen LogP contribution in [-0.4, -0.2) is 20.8 Å². The first kappa shape index (κ1) is 12.4. The standard InChI is InChI=1S/C13H17NO2/c1-5-8-14-10(2)12-7-6-11(15-3)9-13(12)16-4/h1,6-7,9-10,14H,8H2,2-4H3. The van der Waals surface area contributed by atoms with Crippen molar-refractivity contribution in [3.8, 4) is 23.8 Å². The molecule has 1 aromatic rings. The van der Waals surface area contributed by atoms with Gasteiger partial charge in [0.2, 0.25) is 0 Å². The normalized spacial score (nSPS) is 11.6. The van der Waals surface area contributed by atoms with Gasteiger partial charge in [-0.2, -0.15) is 0 Å². The average molecular weight is 219 g/mol. The Kier molecular flexibility index (Phi) is 4.68. The summed E-state index contributed by atoms with van der Waals surface area (Å²) in [6.07, 6.45) is 5.21. The van der Waals surface area contributed by atoms with Gasteiger partial charge in [0, 0.05) is 17.7 Å². The molecule has 3 nitrogen and oxygen atoms in total. The molecule has 1 unspecified atom stereocenters. The number of rotatable bonds is 5.